The molecular weight excluding hydrogens is 210 g/mol. The summed E-state index contributed by atoms with van der Waals surface area (Å²) < 4.78 is 0. The summed E-state index contributed by atoms with van der Waals surface area (Å²) >= 11 is 0. The van der Waals surface area contributed by atoms with Crippen LogP contribution in [0.25, 0.3) is 0 Å². The van der Waals surface area contributed by atoms with E-state index in [0.717, 1.165) is 12.2 Å². The lowest BCUT2D eigenvalue weighted by Crippen LogP contribution is -2.36. The van der Waals surface area contributed by atoms with Gasteiger partial charge in [-0.15, -0.1) is 0 Å². The number of para-hydroxylation sites is 1. The van der Waals surface area contributed by atoms with Gasteiger partial charge in [-0.05, 0) is 23.8 Å². The zero-order valence-electron chi connectivity index (χ0n) is 9.67. The standard InChI is InChI=1S/C14H13N3/c1-16-12-7-4-8-15-14(12)17-11-6-3-2-5-10(11)9-13(16)17/h2-8,13H,9H2,1H3/t13-/m0/s1. The number of benzene rings is 1. The molecule has 1 aromatic heterocycles. The minimum Gasteiger partial charge on any atom is -0.351 e. The SMILES string of the molecule is CN1c2cccnc2N2c3ccccc3C[C@@H]12. The Balaban J connectivity index is 1.95. The van der Waals surface area contributed by atoms with Gasteiger partial charge in [0.1, 0.15) is 6.17 Å². The molecule has 0 N–H and O–H groups in total. The second-order valence-electron chi connectivity index (χ2n) is 4.64. The molecule has 1 aromatic carbocycles. The highest BCUT2D eigenvalue weighted by Crippen LogP contribution is 2.47. The molecule has 3 heteroatoms. The summed E-state index contributed by atoms with van der Waals surface area (Å²) in [7, 11) is 2.15. The van der Waals surface area contributed by atoms with Crippen molar-refractivity contribution in [2.24, 2.45) is 0 Å². The molecule has 0 spiro atoms. The van der Waals surface area contributed by atoms with E-state index in [9.17, 15) is 0 Å². The molecule has 2 aromatic rings. The van der Waals surface area contributed by atoms with Crippen molar-refractivity contribution in [3.63, 3.8) is 0 Å². The fourth-order valence-electron chi connectivity index (χ4n) is 2.94. The van der Waals surface area contributed by atoms with Crippen molar-refractivity contribution < 1.29 is 0 Å². The number of pyridine rings is 1. The summed E-state index contributed by atoms with van der Waals surface area (Å²) in [5.41, 5.74) is 3.95. The van der Waals surface area contributed by atoms with Crippen LogP contribution in [0, 0.1) is 0 Å². The quantitative estimate of drug-likeness (QED) is 0.684. The Hall–Kier alpha value is -2.03. The molecule has 2 aliphatic rings. The third-order valence-electron chi connectivity index (χ3n) is 3.77. The maximum Gasteiger partial charge on any atom is 0.158 e. The third kappa shape index (κ3) is 1.04. The van der Waals surface area contributed by atoms with Crippen molar-refractivity contribution in [1.82, 2.24) is 4.98 Å². The van der Waals surface area contributed by atoms with E-state index >= 15 is 0 Å². The van der Waals surface area contributed by atoms with Gasteiger partial charge in [-0.3, -0.25) is 0 Å². The third-order valence-corrected chi connectivity index (χ3v) is 3.77. The summed E-state index contributed by atoms with van der Waals surface area (Å²) in [6.45, 7) is 0. The van der Waals surface area contributed by atoms with Crippen LogP contribution in [0.1, 0.15) is 5.56 Å². The van der Waals surface area contributed by atoms with Gasteiger partial charge in [0.25, 0.3) is 0 Å². The van der Waals surface area contributed by atoms with E-state index in [4.69, 9.17) is 0 Å². The number of nitrogens with zero attached hydrogens (tertiary/aromatic N) is 3. The van der Waals surface area contributed by atoms with Crippen LogP contribution in [0.3, 0.4) is 0 Å². The predicted octanol–water partition coefficient (Wildman–Crippen LogP) is 2.55. The maximum atomic E-state index is 4.54. The normalized spacial score (nSPS) is 20.2. The van der Waals surface area contributed by atoms with Crippen molar-refractivity contribution in [1.29, 1.82) is 0 Å². The molecule has 0 bridgehead atoms. The van der Waals surface area contributed by atoms with Gasteiger partial charge in [-0.1, -0.05) is 18.2 Å². The highest BCUT2D eigenvalue weighted by Gasteiger charge is 2.40. The van der Waals surface area contributed by atoms with Crippen molar-refractivity contribution in [2.75, 3.05) is 16.8 Å². The van der Waals surface area contributed by atoms with Crippen LogP contribution in [0.4, 0.5) is 17.2 Å². The topological polar surface area (TPSA) is 19.4 Å². The Morgan fingerprint density at radius 3 is 2.88 bits per heavy atom. The van der Waals surface area contributed by atoms with Crippen LogP contribution in [-0.2, 0) is 6.42 Å². The highest BCUT2D eigenvalue weighted by atomic mass is 15.4. The number of aromatic nitrogens is 1. The molecule has 2 aliphatic heterocycles. The molecule has 0 aliphatic carbocycles. The van der Waals surface area contributed by atoms with Crippen LogP contribution in [0.5, 0.6) is 0 Å². The van der Waals surface area contributed by atoms with Gasteiger partial charge < -0.3 is 9.80 Å². The number of fused-ring (bicyclic) bond motifs is 5. The van der Waals surface area contributed by atoms with Gasteiger partial charge in [-0.25, -0.2) is 4.98 Å². The number of rotatable bonds is 0. The molecule has 84 valence electrons. The minimum atomic E-state index is 0.400. The number of hydrogen-bond donors (Lipinski definition) is 0. The Morgan fingerprint density at radius 2 is 1.94 bits per heavy atom. The van der Waals surface area contributed by atoms with Crippen molar-refractivity contribution in [3.05, 3.63) is 48.2 Å². The first kappa shape index (κ1) is 9.05. The van der Waals surface area contributed by atoms with Gasteiger partial charge in [0.15, 0.2) is 5.82 Å². The van der Waals surface area contributed by atoms with Crippen LogP contribution >= 0.6 is 0 Å². The van der Waals surface area contributed by atoms with Gasteiger partial charge in [0.05, 0.1) is 5.69 Å². The molecular formula is C14H13N3. The molecule has 3 nitrogen and oxygen atoms in total. The summed E-state index contributed by atoms with van der Waals surface area (Å²) in [6, 6.07) is 12.8. The first-order chi connectivity index (χ1) is 8.36. The zero-order chi connectivity index (χ0) is 11.4. The molecule has 3 heterocycles. The fraction of sp³-hybridized carbons (Fsp3) is 0.214. The van der Waals surface area contributed by atoms with Crippen molar-refractivity contribution in [2.45, 2.75) is 12.6 Å². The molecule has 17 heavy (non-hydrogen) atoms. The molecule has 0 unspecified atom stereocenters. The summed E-state index contributed by atoms with van der Waals surface area (Å²) in [4.78, 5) is 9.21. The smallest absolute Gasteiger partial charge is 0.158 e. The lowest BCUT2D eigenvalue weighted by atomic mass is 10.1. The van der Waals surface area contributed by atoms with Crippen LogP contribution in [-0.4, -0.2) is 18.2 Å². The molecule has 4 rings (SSSR count). The minimum absolute atomic E-state index is 0.400. The van der Waals surface area contributed by atoms with Crippen LogP contribution < -0.4 is 9.80 Å². The predicted molar refractivity (Wildman–Crippen MR) is 68.7 cm³/mol. The number of anilines is 3. The Bertz CT molecular complexity index is 594. The molecule has 0 fully saturated rings. The van der Waals surface area contributed by atoms with E-state index < -0.39 is 0 Å². The second-order valence-corrected chi connectivity index (χ2v) is 4.64. The van der Waals surface area contributed by atoms with Crippen LogP contribution in [0.15, 0.2) is 42.6 Å². The Kier molecular flexibility index (Phi) is 1.60. The van der Waals surface area contributed by atoms with E-state index in [1.54, 1.807) is 0 Å². The zero-order valence-corrected chi connectivity index (χ0v) is 9.67. The van der Waals surface area contributed by atoms with Gasteiger partial charge in [0, 0.05) is 25.4 Å². The fourth-order valence-corrected chi connectivity index (χ4v) is 2.94. The molecule has 0 radical (unpaired) electrons. The van der Waals surface area contributed by atoms with E-state index in [-0.39, 0.29) is 0 Å². The number of hydrogen-bond acceptors (Lipinski definition) is 3. The van der Waals surface area contributed by atoms with E-state index in [0.29, 0.717) is 6.17 Å². The van der Waals surface area contributed by atoms with E-state index in [1.807, 2.05) is 12.3 Å². The first-order valence-electron chi connectivity index (χ1n) is 5.91. The Morgan fingerprint density at radius 1 is 1.12 bits per heavy atom. The van der Waals surface area contributed by atoms with E-state index in [1.165, 1.54) is 16.9 Å². The molecule has 0 saturated heterocycles. The summed E-state index contributed by atoms with van der Waals surface area (Å²) in [6.07, 6.45) is 3.34. The second kappa shape index (κ2) is 3.00. The van der Waals surface area contributed by atoms with Crippen molar-refractivity contribution in [3.8, 4) is 0 Å². The average molecular weight is 223 g/mol. The first-order valence-corrected chi connectivity index (χ1v) is 5.91. The maximum absolute atomic E-state index is 4.54. The number of likely N-dealkylation sites (N-methyl/N-ethyl adjacent to an activating group) is 1. The molecule has 0 saturated carbocycles. The average Bonchev–Trinajstić information content (AvgIpc) is 2.88. The largest absolute Gasteiger partial charge is 0.351 e. The van der Waals surface area contributed by atoms with Gasteiger partial charge >= 0.3 is 0 Å². The van der Waals surface area contributed by atoms with Gasteiger partial charge in [0.2, 0.25) is 0 Å². The monoisotopic (exact) mass is 223 g/mol. The lowest BCUT2D eigenvalue weighted by Gasteiger charge is -2.23. The van der Waals surface area contributed by atoms with Gasteiger partial charge in [-0.2, -0.15) is 0 Å². The molecule has 1 atom stereocenters. The highest BCUT2D eigenvalue weighted by molar-refractivity contribution is 5.84. The van der Waals surface area contributed by atoms with Crippen LogP contribution in [0.2, 0.25) is 0 Å². The summed E-state index contributed by atoms with van der Waals surface area (Å²) in [5.74, 6) is 1.09. The lowest BCUT2D eigenvalue weighted by molar-refractivity contribution is 0.702. The Labute approximate surface area is 100 Å². The van der Waals surface area contributed by atoms with Crippen molar-refractivity contribution >= 4 is 17.2 Å². The molecule has 0 amide bonds. The van der Waals surface area contributed by atoms with E-state index in [2.05, 4.69) is 52.2 Å². The summed E-state index contributed by atoms with van der Waals surface area (Å²) in [5, 5.41) is 0.